The lowest BCUT2D eigenvalue weighted by atomic mass is 9.70. The zero-order chi connectivity index (χ0) is 23.6. The molecule has 2 bridgehead atoms. The van der Waals surface area contributed by atoms with E-state index >= 15 is 0 Å². The third-order valence-corrected chi connectivity index (χ3v) is 7.17. The van der Waals surface area contributed by atoms with Gasteiger partial charge in [0.15, 0.2) is 0 Å². The van der Waals surface area contributed by atoms with Crippen LogP contribution < -0.4 is 0 Å². The Morgan fingerprint density at radius 1 is 1.38 bits per heavy atom. The first-order valence-corrected chi connectivity index (χ1v) is 11.6. The maximum Gasteiger partial charge on any atom is 0.312 e. The Labute approximate surface area is 190 Å². The number of carbonyl (C=O) groups excluding carboxylic acids is 3. The summed E-state index contributed by atoms with van der Waals surface area (Å²) in [6, 6.07) is -1.53. The third kappa shape index (κ3) is 3.77. The second kappa shape index (κ2) is 9.75. The number of fused-ring (bicyclic) bond motifs is 1. The maximum absolute atomic E-state index is 14.0. The van der Waals surface area contributed by atoms with Crippen molar-refractivity contribution < 1.29 is 29.0 Å². The first-order valence-electron chi connectivity index (χ1n) is 11.6. The van der Waals surface area contributed by atoms with Gasteiger partial charge in [-0.2, -0.15) is 0 Å². The van der Waals surface area contributed by atoms with Crippen LogP contribution in [0.15, 0.2) is 25.3 Å². The first-order chi connectivity index (χ1) is 15.3. The highest BCUT2D eigenvalue weighted by molar-refractivity contribution is 5.98. The number of amides is 2. The van der Waals surface area contributed by atoms with Gasteiger partial charge in [-0.25, -0.2) is 0 Å². The van der Waals surface area contributed by atoms with Gasteiger partial charge in [0.2, 0.25) is 11.8 Å². The molecule has 32 heavy (non-hydrogen) atoms. The summed E-state index contributed by atoms with van der Waals surface area (Å²) in [6.45, 7) is 13.2. The fraction of sp³-hybridized carbons (Fsp3) is 0.708. The molecule has 1 spiro atoms. The zero-order valence-electron chi connectivity index (χ0n) is 19.4. The highest BCUT2D eigenvalue weighted by Gasteiger charge is 2.75. The number of aliphatic hydroxyl groups is 1. The predicted molar refractivity (Wildman–Crippen MR) is 118 cm³/mol. The number of ether oxygens (including phenoxy) is 2. The Bertz CT molecular complexity index is 770. The molecule has 1 N–H and O–H groups in total. The van der Waals surface area contributed by atoms with Crippen molar-refractivity contribution in [3.8, 4) is 0 Å². The average molecular weight is 449 g/mol. The highest BCUT2D eigenvalue weighted by Crippen LogP contribution is 2.59. The summed E-state index contributed by atoms with van der Waals surface area (Å²) < 4.78 is 11.6. The smallest absolute Gasteiger partial charge is 0.312 e. The van der Waals surface area contributed by atoms with Crippen LogP contribution in [0.3, 0.4) is 0 Å². The van der Waals surface area contributed by atoms with Crippen LogP contribution in [-0.2, 0) is 23.9 Å². The van der Waals surface area contributed by atoms with E-state index in [2.05, 4.69) is 20.1 Å². The lowest BCUT2D eigenvalue weighted by Crippen LogP contribution is -2.59. The van der Waals surface area contributed by atoms with Crippen LogP contribution in [0.5, 0.6) is 0 Å². The topological polar surface area (TPSA) is 96.4 Å². The van der Waals surface area contributed by atoms with Gasteiger partial charge in [0, 0.05) is 12.6 Å². The molecule has 3 heterocycles. The minimum Gasteiger partial charge on any atom is -0.461 e. The van der Waals surface area contributed by atoms with Gasteiger partial charge in [-0.1, -0.05) is 32.1 Å². The van der Waals surface area contributed by atoms with Crippen LogP contribution in [-0.4, -0.2) is 82.3 Å². The summed E-state index contributed by atoms with van der Waals surface area (Å²) in [4.78, 5) is 43.7. The van der Waals surface area contributed by atoms with Gasteiger partial charge in [-0.15, -0.1) is 6.58 Å². The molecular weight excluding hydrogens is 412 g/mol. The monoisotopic (exact) mass is 448 g/mol. The average Bonchev–Trinajstić information content (AvgIpc) is 3.42. The molecule has 8 heteroatoms. The molecule has 3 aliphatic heterocycles. The van der Waals surface area contributed by atoms with Crippen LogP contribution in [0.25, 0.3) is 0 Å². The summed E-state index contributed by atoms with van der Waals surface area (Å²) in [6.07, 6.45) is 5.51. The van der Waals surface area contributed by atoms with E-state index in [1.165, 1.54) is 11.0 Å². The third-order valence-electron chi connectivity index (χ3n) is 7.17. The largest absolute Gasteiger partial charge is 0.461 e. The van der Waals surface area contributed by atoms with E-state index in [4.69, 9.17) is 9.47 Å². The van der Waals surface area contributed by atoms with Crippen LogP contribution in [0.2, 0.25) is 0 Å². The fourth-order valence-electron chi connectivity index (χ4n) is 5.79. The Morgan fingerprint density at radius 3 is 2.69 bits per heavy atom. The lowest BCUT2D eigenvalue weighted by molar-refractivity contribution is -0.156. The first kappa shape index (κ1) is 24.5. The molecule has 3 fully saturated rings. The van der Waals surface area contributed by atoms with Crippen molar-refractivity contribution >= 4 is 17.8 Å². The fourth-order valence-corrected chi connectivity index (χ4v) is 5.79. The number of hydrogen-bond acceptors (Lipinski definition) is 6. The molecule has 3 unspecified atom stereocenters. The molecule has 0 aromatic heterocycles. The number of esters is 1. The Morgan fingerprint density at radius 2 is 2.09 bits per heavy atom. The molecule has 3 aliphatic rings. The Balaban J connectivity index is 2.03. The van der Waals surface area contributed by atoms with Gasteiger partial charge in [0.05, 0.1) is 30.6 Å². The van der Waals surface area contributed by atoms with E-state index in [1.54, 1.807) is 17.9 Å². The number of rotatable bonds is 11. The molecule has 0 radical (unpaired) electrons. The molecule has 3 rings (SSSR count). The van der Waals surface area contributed by atoms with Crippen LogP contribution >= 0.6 is 0 Å². The quantitative estimate of drug-likeness (QED) is 0.382. The molecule has 7 atom stereocenters. The molecule has 0 aliphatic carbocycles. The summed E-state index contributed by atoms with van der Waals surface area (Å²) in [5.74, 6) is -2.60. The van der Waals surface area contributed by atoms with Crippen molar-refractivity contribution in [1.82, 2.24) is 9.80 Å². The normalized spacial score (nSPS) is 32.4. The number of hydrogen-bond donors (Lipinski definition) is 1. The summed E-state index contributed by atoms with van der Waals surface area (Å²) in [7, 11) is 0. The number of nitrogens with zero attached hydrogens (tertiary/aromatic N) is 2. The van der Waals surface area contributed by atoms with E-state index in [-0.39, 0.29) is 31.1 Å². The van der Waals surface area contributed by atoms with Gasteiger partial charge < -0.3 is 24.4 Å². The number of aliphatic hydroxyl groups excluding tert-OH is 1. The van der Waals surface area contributed by atoms with Crippen molar-refractivity contribution in [2.75, 3.05) is 19.8 Å². The van der Waals surface area contributed by atoms with E-state index < -0.39 is 41.6 Å². The SMILES string of the molecule is C=CCOC(=O)[C@@H]1[C@@H]2CCC3(O2)C(C(=O)N(CC=C)C(C)CCC)N([C@H](C)CO)C(=O)[C@H]13. The summed E-state index contributed by atoms with van der Waals surface area (Å²) in [5, 5.41) is 9.89. The Kier molecular flexibility index (Phi) is 7.45. The number of likely N-dealkylation sites (tertiary alicyclic amines) is 1. The van der Waals surface area contributed by atoms with Crippen LogP contribution in [0, 0.1) is 11.8 Å². The molecule has 178 valence electrons. The molecule has 2 amide bonds. The van der Waals surface area contributed by atoms with Crippen LogP contribution in [0.1, 0.15) is 46.5 Å². The summed E-state index contributed by atoms with van der Waals surface area (Å²) >= 11 is 0. The summed E-state index contributed by atoms with van der Waals surface area (Å²) in [5.41, 5.74) is -1.09. The van der Waals surface area contributed by atoms with Crippen molar-refractivity contribution in [2.24, 2.45) is 11.8 Å². The van der Waals surface area contributed by atoms with Crippen LogP contribution in [0.4, 0.5) is 0 Å². The maximum atomic E-state index is 14.0. The predicted octanol–water partition coefficient (Wildman–Crippen LogP) is 1.67. The van der Waals surface area contributed by atoms with Crippen molar-refractivity contribution in [3.05, 3.63) is 25.3 Å². The molecule has 0 saturated carbocycles. The highest BCUT2D eigenvalue weighted by atomic mass is 16.6. The van der Waals surface area contributed by atoms with Crippen molar-refractivity contribution in [2.45, 2.75) is 76.3 Å². The Hall–Kier alpha value is -2.19. The van der Waals surface area contributed by atoms with Gasteiger partial charge in [-0.3, -0.25) is 14.4 Å². The van der Waals surface area contributed by atoms with Gasteiger partial charge in [-0.05, 0) is 33.1 Å². The van der Waals surface area contributed by atoms with Gasteiger partial charge in [0.25, 0.3) is 0 Å². The molecule has 0 aromatic rings. The number of carbonyl (C=O) groups is 3. The van der Waals surface area contributed by atoms with Crippen molar-refractivity contribution in [3.63, 3.8) is 0 Å². The minimum atomic E-state index is -1.09. The van der Waals surface area contributed by atoms with Gasteiger partial charge in [0.1, 0.15) is 18.2 Å². The van der Waals surface area contributed by atoms with E-state index in [0.717, 1.165) is 12.8 Å². The zero-order valence-corrected chi connectivity index (χ0v) is 19.4. The molecule has 8 nitrogen and oxygen atoms in total. The second-order valence-electron chi connectivity index (χ2n) is 9.17. The van der Waals surface area contributed by atoms with Gasteiger partial charge >= 0.3 is 5.97 Å². The second-order valence-corrected chi connectivity index (χ2v) is 9.17. The standard InChI is InChI=1S/C24H36N2O6/c1-6-9-15(4)25(12-7-2)22(29)20-24-11-10-17(32-24)18(23(30)31-13-8-3)19(24)21(28)26(20)16(5)14-27/h7-8,15-20,27H,2-3,6,9-14H2,1,4-5H3/t15?,16-,17+,18-,19+,20?,24?/m1/s1. The molecular formula is C24H36N2O6. The van der Waals surface area contributed by atoms with E-state index in [1.807, 2.05) is 6.92 Å². The minimum absolute atomic E-state index is 0.0470. The lowest BCUT2D eigenvalue weighted by Gasteiger charge is -2.40. The molecule has 3 saturated heterocycles. The van der Waals surface area contributed by atoms with Crippen molar-refractivity contribution in [1.29, 1.82) is 0 Å². The van der Waals surface area contributed by atoms with E-state index in [0.29, 0.717) is 19.4 Å². The molecule has 0 aromatic carbocycles. The van der Waals surface area contributed by atoms with E-state index in [9.17, 15) is 19.5 Å².